The predicted molar refractivity (Wildman–Crippen MR) is 71.1 cm³/mol. The van der Waals surface area contributed by atoms with Gasteiger partial charge in [0.2, 0.25) is 0 Å². The van der Waals surface area contributed by atoms with Crippen LogP contribution in [0.1, 0.15) is 18.9 Å². The topological polar surface area (TPSA) is 55.6 Å². The Hall–Kier alpha value is -1.62. The second kappa shape index (κ2) is 6.96. The first-order valence-electron chi connectivity index (χ1n) is 6.09. The highest BCUT2D eigenvalue weighted by Gasteiger charge is 2.12. The molecule has 0 saturated carbocycles. The highest BCUT2D eigenvalue weighted by molar-refractivity contribution is 5.45. The third-order valence-electron chi connectivity index (χ3n) is 2.65. The SMILES string of the molecule is CCc1cc(OCCCN(C)C)ccc1[N+](=O)[O-]. The van der Waals surface area contributed by atoms with E-state index in [4.69, 9.17) is 4.74 Å². The average Bonchev–Trinajstić information content (AvgIpc) is 2.33. The van der Waals surface area contributed by atoms with Crippen molar-refractivity contribution in [2.75, 3.05) is 27.2 Å². The molecule has 18 heavy (non-hydrogen) atoms. The summed E-state index contributed by atoms with van der Waals surface area (Å²) in [6, 6.07) is 4.93. The van der Waals surface area contributed by atoms with Gasteiger partial charge in [-0.25, -0.2) is 0 Å². The molecule has 0 amide bonds. The number of nitro groups is 1. The predicted octanol–water partition coefficient (Wildman–Crippen LogP) is 2.49. The molecule has 0 aliphatic carbocycles. The smallest absolute Gasteiger partial charge is 0.272 e. The highest BCUT2D eigenvalue weighted by Crippen LogP contribution is 2.24. The number of rotatable bonds is 7. The van der Waals surface area contributed by atoms with E-state index in [1.807, 2.05) is 21.0 Å². The standard InChI is InChI=1S/C13H20N2O3/c1-4-11-10-12(6-7-13(11)15(16)17)18-9-5-8-14(2)3/h6-7,10H,4-5,8-9H2,1-3H3. The van der Waals surface area contributed by atoms with Gasteiger partial charge >= 0.3 is 0 Å². The Kier molecular flexibility index (Phi) is 5.58. The van der Waals surface area contributed by atoms with Crippen LogP contribution in [0.3, 0.4) is 0 Å². The molecule has 1 rings (SSSR count). The Morgan fingerprint density at radius 1 is 1.39 bits per heavy atom. The Morgan fingerprint density at radius 2 is 2.11 bits per heavy atom. The molecular weight excluding hydrogens is 232 g/mol. The Morgan fingerprint density at radius 3 is 2.67 bits per heavy atom. The van der Waals surface area contributed by atoms with Crippen molar-refractivity contribution in [3.8, 4) is 5.75 Å². The summed E-state index contributed by atoms with van der Waals surface area (Å²) >= 11 is 0. The Bertz CT molecular complexity index is 405. The molecule has 0 aliphatic heterocycles. The van der Waals surface area contributed by atoms with Gasteiger partial charge in [-0.15, -0.1) is 0 Å². The van der Waals surface area contributed by atoms with E-state index in [9.17, 15) is 10.1 Å². The first kappa shape index (κ1) is 14.4. The summed E-state index contributed by atoms with van der Waals surface area (Å²) in [5.41, 5.74) is 0.878. The summed E-state index contributed by atoms with van der Waals surface area (Å²) in [6.45, 7) is 3.49. The van der Waals surface area contributed by atoms with Gasteiger partial charge < -0.3 is 9.64 Å². The van der Waals surface area contributed by atoms with Crippen molar-refractivity contribution in [3.05, 3.63) is 33.9 Å². The zero-order valence-corrected chi connectivity index (χ0v) is 11.2. The van der Waals surface area contributed by atoms with E-state index in [0.717, 1.165) is 13.0 Å². The van der Waals surface area contributed by atoms with Gasteiger partial charge in [0, 0.05) is 18.2 Å². The summed E-state index contributed by atoms with van der Waals surface area (Å²) in [5, 5.41) is 10.8. The van der Waals surface area contributed by atoms with Gasteiger partial charge in [-0.05, 0) is 39.1 Å². The molecule has 0 radical (unpaired) electrons. The first-order valence-corrected chi connectivity index (χ1v) is 6.09. The van der Waals surface area contributed by atoms with Gasteiger partial charge in [0.1, 0.15) is 5.75 Å². The van der Waals surface area contributed by atoms with Crippen molar-refractivity contribution < 1.29 is 9.66 Å². The average molecular weight is 252 g/mol. The molecule has 1 aromatic carbocycles. The van der Waals surface area contributed by atoms with Crippen LogP contribution in [0.25, 0.3) is 0 Å². The van der Waals surface area contributed by atoms with E-state index in [-0.39, 0.29) is 10.6 Å². The van der Waals surface area contributed by atoms with E-state index in [1.54, 1.807) is 12.1 Å². The van der Waals surface area contributed by atoms with Gasteiger partial charge in [-0.3, -0.25) is 10.1 Å². The number of aryl methyl sites for hydroxylation is 1. The van der Waals surface area contributed by atoms with Crippen LogP contribution in [0.4, 0.5) is 5.69 Å². The molecule has 0 bridgehead atoms. The number of hydrogen-bond donors (Lipinski definition) is 0. The zero-order chi connectivity index (χ0) is 13.5. The van der Waals surface area contributed by atoms with Crippen molar-refractivity contribution in [3.63, 3.8) is 0 Å². The fourth-order valence-electron chi connectivity index (χ4n) is 1.68. The summed E-state index contributed by atoms with van der Waals surface area (Å²) in [5.74, 6) is 0.705. The van der Waals surface area contributed by atoms with Crippen LogP contribution in [-0.4, -0.2) is 37.1 Å². The lowest BCUT2D eigenvalue weighted by atomic mass is 10.1. The molecule has 0 atom stereocenters. The molecule has 100 valence electrons. The minimum Gasteiger partial charge on any atom is -0.494 e. The Balaban J connectivity index is 2.60. The molecular formula is C13H20N2O3. The first-order chi connectivity index (χ1) is 8.54. The maximum absolute atomic E-state index is 10.8. The monoisotopic (exact) mass is 252 g/mol. The van der Waals surface area contributed by atoms with Crippen molar-refractivity contribution in [1.82, 2.24) is 4.90 Å². The molecule has 0 spiro atoms. The number of hydrogen-bond acceptors (Lipinski definition) is 4. The van der Waals surface area contributed by atoms with E-state index in [0.29, 0.717) is 24.3 Å². The Labute approximate surface area is 108 Å². The van der Waals surface area contributed by atoms with Crippen LogP contribution in [-0.2, 0) is 6.42 Å². The fourth-order valence-corrected chi connectivity index (χ4v) is 1.68. The molecule has 0 heterocycles. The highest BCUT2D eigenvalue weighted by atomic mass is 16.6. The number of nitro benzene ring substituents is 1. The van der Waals surface area contributed by atoms with Crippen molar-refractivity contribution in [2.24, 2.45) is 0 Å². The quantitative estimate of drug-likeness (QED) is 0.425. The maximum Gasteiger partial charge on any atom is 0.272 e. The molecule has 0 fully saturated rings. The molecule has 0 N–H and O–H groups in total. The van der Waals surface area contributed by atoms with Gasteiger partial charge in [0.25, 0.3) is 5.69 Å². The molecule has 0 saturated heterocycles. The largest absolute Gasteiger partial charge is 0.494 e. The van der Waals surface area contributed by atoms with Crippen LogP contribution in [0, 0.1) is 10.1 Å². The lowest BCUT2D eigenvalue weighted by Crippen LogP contribution is -2.15. The van der Waals surface area contributed by atoms with Crippen molar-refractivity contribution >= 4 is 5.69 Å². The van der Waals surface area contributed by atoms with Gasteiger partial charge in [0.15, 0.2) is 0 Å². The van der Waals surface area contributed by atoms with Crippen LogP contribution in [0.15, 0.2) is 18.2 Å². The zero-order valence-electron chi connectivity index (χ0n) is 11.2. The second-order valence-electron chi connectivity index (χ2n) is 4.41. The van der Waals surface area contributed by atoms with Gasteiger partial charge in [0.05, 0.1) is 11.5 Å². The summed E-state index contributed by atoms with van der Waals surface area (Å²) in [7, 11) is 4.03. The van der Waals surface area contributed by atoms with Crippen LogP contribution >= 0.6 is 0 Å². The third-order valence-corrected chi connectivity index (χ3v) is 2.65. The number of benzene rings is 1. The van der Waals surface area contributed by atoms with Crippen LogP contribution < -0.4 is 4.74 Å². The van der Waals surface area contributed by atoms with Crippen molar-refractivity contribution in [1.29, 1.82) is 0 Å². The lowest BCUT2D eigenvalue weighted by Gasteiger charge is -2.11. The minimum atomic E-state index is -0.353. The van der Waals surface area contributed by atoms with Gasteiger partial charge in [-0.1, -0.05) is 6.92 Å². The van der Waals surface area contributed by atoms with Gasteiger partial charge in [-0.2, -0.15) is 0 Å². The molecule has 0 unspecified atom stereocenters. The number of nitrogens with zero attached hydrogens (tertiary/aromatic N) is 2. The van der Waals surface area contributed by atoms with E-state index in [1.165, 1.54) is 6.07 Å². The lowest BCUT2D eigenvalue weighted by molar-refractivity contribution is -0.385. The molecule has 1 aromatic rings. The summed E-state index contributed by atoms with van der Waals surface area (Å²) in [6.07, 6.45) is 1.57. The number of ether oxygens (including phenoxy) is 1. The van der Waals surface area contributed by atoms with E-state index < -0.39 is 0 Å². The minimum absolute atomic E-state index is 0.165. The normalized spacial score (nSPS) is 10.7. The maximum atomic E-state index is 10.8. The third kappa shape index (κ3) is 4.33. The molecule has 0 aromatic heterocycles. The summed E-state index contributed by atoms with van der Waals surface area (Å²) < 4.78 is 5.58. The van der Waals surface area contributed by atoms with E-state index in [2.05, 4.69) is 4.90 Å². The second-order valence-corrected chi connectivity index (χ2v) is 4.41. The van der Waals surface area contributed by atoms with Crippen molar-refractivity contribution in [2.45, 2.75) is 19.8 Å². The molecule has 0 aliphatic rings. The van der Waals surface area contributed by atoms with E-state index >= 15 is 0 Å². The molecule has 5 nitrogen and oxygen atoms in total. The van der Waals surface area contributed by atoms with Crippen LogP contribution in [0.5, 0.6) is 5.75 Å². The van der Waals surface area contributed by atoms with Crippen LogP contribution in [0.2, 0.25) is 0 Å². The fraction of sp³-hybridized carbons (Fsp3) is 0.538. The summed E-state index contributed by atoms with van der Waals surface area (Å²) in [4.78, 5) is 12.5. The molecule has 5 heteroatoms.